The highest BCUT2D eigenvalue weighted by Gasteiger charge is 1.97. The number of rotatable bonds is 2. The van der Waals surface area contributed by atoms with Crippen molar-refractivity contribution in [1.82, 2.24) is 0 Å². The Hall–Kier alpha value is -1.54. The number of phenols is 1. The number of hydrogen-bond donors (Lipinski definition) is 2. The van der Waals surface area contributed by atoms with E-state index in [1.807, 2.05) is 6.07 Å². The zero-order valence-electron chi connectivity index (χ0n) is 7.90. The van der Waals surface area contributed by atoms with Crippen LogP contribution in [0.3, 0.4) is 0 Å². The van der Waals surface area contributed by atoms with Crippen LogP contribution in [0.15, 0.2) is 36.4 Å². The first-order valence-corrected chi connectivity index (χ1v) is 4.71. The number of benzene rings is 2. The maximum atomic E-state index is 9.33. The highest BCUT2D eigenvalue weighted by molar-refractivity contribution is 5.84. The van der Waals surface area contributed by atoms with Crippen LogP contribution in [0.4, 0.5) is 0 Å². The van der Waals surface area contributed by atoms with Crippen LogP contribution >= 0.6 is 0 Å². The Labute approximate surface area is 83.0 Å². The summed E-state index contributed by atoms with van der Waals surface area (Å²) in [6, 6.07) is 11.6. The maximum absolute atomic E-state index is 9.33. The van der Waals surface area contributed by atoms with Crippen molar-refractivity contribution in [2.24, 2.45) is 5.73 Å². The normalized spacial score (nSPS) is 10.6. The van der Waals surface area contributed by atoms with Gasteiger partial charge in [0.1, 0.15) is 5.75 Å². The van der Waals surface area contributed by atoms with E-state index in [4.69, 9.17) is 5.73 Å². The summed E-state index contributed by atoms with van der Waals surface area (Å²) in [6.07, 6.45) is 0.881. The third-order valence-electron chi connectivity index (χ3n) is 2.32. The van der Waals surface area contributed by atoms with Crippen LogP contribution in [0.1, 0.15) is 5.56 Å². The summed E-state index contributed by atoms with van der Waals surface area (Å²) in [4.78, 5) is 0. The fourth-order valence-corrected chi connectivity index (χ4v) is 1.61. The van der Waals surface area contributed by atoms with E-state index in [1.54, 1.807) is 12.1 Å². The molecule has 0 aliphatic heterocycles. The van der Waals surface area contributed by atoms with Crippen molar-refractivity contribution >= 4 is 10.8 Å². The van der Waals surface area contributed by atoms with E-state index in [2.05, 4.69) is 18.2 Å². The summed E-state index contributed by atoms with van der Waals surface area (Å²) >= 11 is 0. The molecular formula is C12H13NO. The first-order chi connectivity index (χ1) is 6.79. The molecule has 0 aliphatic rings. The van der Waals surface area contributed by atoms with Crippen molar-refractivity contribution in [2.45, 2.75) is 6.42 Å². The van der Waals surface area contributed by atoms with Crippen LogP contribution in [0.2, 0.25) is 0 Å². The zero-order valence-corrected chi connectivity index (χ0v) is 7.90. The molecule has 0 saturated carbocycles. The Morgan fingerprint density at radius 2 is 1.79 bits per heavy atom. The van der Waals surface area contributed by atoms with Crippen molar-refractivity contribution in [3.8, 4) is 5.75 Å². The molecule has 0 aliphatic carbocycles. The Balaban J connectivity index is 2.52. The average molecular weight is 187 g/mol. The Bertz CT molecular complexity index is 451. The molecule has 0 heterocycles. The molecule has 0 unspecified atom stereocenters. The van der Waals surface area contributed by atoms with Crippen molar-refractivity contribution in [3.05, 3.63) is 42.0 Å². The number of fused-ring (bicyclic) bond motifs is 1. The minimum absolute atomic E-state index is 0.308. The summed E-state index contributed by atoms with van der Waals surface area (Å²) in [6.45, 7) is 0.657. The monoisotopic (exact) mass is 187 g/mol. The van der Waals surface area contributed by atoms with E-state index in [1.165, 1.54) is 5.56 Å². The van der Waals surface area contributed by atoms with Crippen molar-refractivity contribution in [3.63, 3.8) is 0 Å². The van der Waals surface area contributed by atoms with Crippen LogP contribution in [-0.4, -0.2) is 11.7 Å². The van der Waals surface area contributed by atoms with Gasteiger partial charge in [-0.3, -0.25) is 0 Å². The van der Waals surface area contributed by atoms with Gasteiger partial charge in [-0.15, -0.1) is 0 Å². The van der Waals surface area contributed by atoms with Gasteiger partial charge >= 0.3 is 0 Å². The van der Waals surface area contributed by atoms with Gasteiger partial charge in [-0.25, -0.2) is 0 Å². The Morgan fingerprint density at radius 1 is 1.00 bits per heavy atom. The van der Waals surface area contributed by atoms with E-state index < -0.39 is 0 Å². The van der Waals surface area contributed by atoms with Gasteiger partial charge in [-0.1, -0.05) is 24.3 Å². The highest BCUT2D eigenvalue weighted by atomic mass is 16.3. The van der Waals surface area contributed by atoms with E-state index in [0.717, 1.165) is 17.2 Å². The van der Waals surface area contributed by atoms with Gasteiger partial charge in [-0.05, 0) is 41.4 Å². The Morgan fingerprint density at radius 3 is 2.57 bits per heavy atom. The molecule has 2 aromatic rings. The SMILES string of the molecule is NCCc1ccc2ccc(O)cc2c1. The lowest BCUT2D eigenvalue weighted by molar-refractivity contribution is 0.476. The first-order valence-electron chi connectivity index (χ1n) is 4.71. The van der Waals surface area contributed by atoms with Gasteiger partial charge in [0.15, 0.2) is 0 Å². The van der Waals surface area contributed by atoms with E-state index >= 15 is 0 Å². The maximum Gasteiger partial charge on any atom is 0.116 e. The Kier molecular flexibility index (Phi) is 2.37. The number of aromatic hydroxyl groups is 1. The largest absolute Gasteiger partial charge is 0.508 e. The summed E-state index contributed by atoms with van der Waals surface area (Å²) in [5.74, 6) is 0.308. The molecule has 2 aromatic carbocycles. The first kappa shape index (κ1) is 9.03. The second kappa shape index (κ2) is 3.68. The number of phenolic OH excluding ortho intramolecular Hbond substituents is 1. The van der Waals surface area contributed by atoms with Crippen LogP contribution in [0, 0.1) is 0 Å². The summed E-state index contributed by atoms with van der Waals surface area (Å²) < 4.78 is 0. The molecule has 0 aromatic heterocycles. The molecule has 2 heteroatoms. The molecule has 0 fully saturated rings. The fourth-order valence-electron chi connectivity index (χ4n) is 1.61. The third-order valence-corrected chi connectivity index (χ3v) is 2.32. The van der Waals surface area contributed by atoms with Crippen LogP contribution in [0.5, 0.6) is 5.75 Å². The van der Waals surface area contributed by atoms with Gasteiger partial charge in [-0.2, -0.15) is 0 Å². The standard InChI is InChI=1S/C12H13NO/c13-6-5-9-1-2-10-3-4-12(14)8-11(10)7-9/h1-4,7-8,14H,5-6,13H2. The van der Waals surface area contributed by atoms with Crippen LogP contribution < -0.4 is 5.73 Å². The molecule has 2 rings (SSSR count). The summed E-state index contributed by atoms with van der Waals surface area (Å²) in [5.41, 5.74) is 6.70. The van der Waals surface area contributed by atoms with Gasteiger partial charge in [0.05, 0.1) is 0 Å². The second-order valence-corrected chi connectivity index (χ2v) is 3.40. The third kappa shape index (κ3) is 1.70. The molecule has 14 heavy (non-hydrogen) atoms. The minimum atomic E-state index is 0.308. The lowest BCUT2D eigenvalue weighted by atomic mass is 10.1. The fraction of sp³-hybridized carbons (Fsp3) is 0.167. The minimum Gasteiger partial charge on any atom is -0.508 e. The molecule has 0 radical (unpaired) electrons. The lowest BCUT2D eigenvalue weighted by Gasteiger charge is -2.02. The molecule has 3 N–H and O–H groups in total. The predicted octanol–water partition coefficient (Wildman–Crippen LogP) is 2.05. The smallest absolute Gasteiger partial charge is 0.116 e. The van der Waals surface area contributed by atoms with Crippen molar-refractivity contribution in [1.29, 1.82) is 0 Å². The van der Waals surface area contributed by atoms with Crippen LogP contribution in [-0.2, 0) is 6.42 Å². The summed E-state index contributed by atoms with van der Waals surface area (Å²) in [5, 5.41) is 11.5. The molecule has 2 nitrogen and oxygen atoms in total. The molecule has 0 spiro atoms. The summed E-state index contributed by atoms with van der Waals surface area (Å²) in [7, 11) is 0. The van der Waals surface area contributed by atoms with E-state index in [9.17, 15) is 5.11 Å². The topological polar surface area (TPSA) is 46.2 Å². The van der Waals surface area contributed by atoms with Gasteiger partial charge in [0.2, 0.25) is 0 Å². The van der Waals surface area contributed by atoms with Crippen LogP contribution in [0.25, 0.3) is 10.8 Å². The van der Waals surface area contributed by atoms with E-state index in [-0.39, 0.29) is 0 Å². The van der Waals surface area contributed by atoms with Crippen molar-refractivity contribution < 1.29 is 5.11 Å². The molecule has 72 valence electrons. The van der Waals surface area contributed by atoms with Gasteiger partial charge in [0.25, 0.3) is 0 Å². The highest BCUT2D eigenvalue weighted by Crippen LogP contribution is 2.21. The molecular weight excluding hydrogens is 174 g/mol. The zero-order chi connectivity index (χ0) is 9.97. The molecule has 0 amide bonds. The predicted molar refractivity (Wildman–Crippen MR) is 58.4 cm³/mol. The van der Waals surface area contributed by atoms with Gasteiger partial charge < -0.3 is 10.8 Å². The molecule has 0 saturated heterocycles. The van der Waals surface area contributed by atoms with Crippen molar-refractivity contribution in [2.75, 3.05) is 6.54 Å². The molecule has 0 atom stereocenters. The molecule has 0 bridgehead atoms. The van der Waals surface area contributed by atoms with E-state index in [0.29, 0.717) is 12.3 Å². The quantitative estimate of drug-likeness (QED) is 0.755. The lowest BCUT2D eigenvalue weighted by Crippen LogP contribution is -2.02. The average Bonchev–Trinajstić information content (AvgIpc) is 2.17. The van der Waals surface area contributed by atoms with Gasteiger partial charge in [0, 0.05) is 0 Å². The second-order valence-electron chi connectivity index (χ2n) is 3.40. The number of nitrogens with two attached hydrogens (primary N) is 1. The number of hydrogen-bond acceptors (Lipinski definition) is 2.